The zero-order chi connectivity index (χ0) is 13.2. The van der Waals surface area contributed by atoms with Crippen molar-refractivity contribution in [3.8, 4) is 0 Å². The van der Waals surface area contributed by atoms with Gasteiger partial charge < -0.3 is 0 Å². The van der Waals surface area contributed by atoms with E-state index in [0.717, 1.165) is 17.7 Å². The van der Waals surface area contributed by atoms with Gasteiger partial charge in [-0.1, -0.05) is 67.3 Å². The van der Waals surface area contributed by atoms with E-state index < -0.39 is 0 Å². The van der Waals surface area contributed by atoms with E-state index in [0.29, 0.717) is 0 Å². The van der Waals surface area contributed by atoms with Crippen molar-refractivity contribution in [3.05, 3.63) is 84.1 Å². The molecule has 1 rings (SSSR count). The van der Waals surface area contributed by atoms with Crippen LogP contribution in [0.5, 0.6) is 0 Å². The fraction of sp³-hybridized carbons (Fsp3) is 0.118. The molecule has 1 heteroatoms. The molecule has 1 nitrogen and oxygen atoms in total. The molecule has 0 amide bonds. The Balaban J connectivity index is 2.91. The largest absolute Gasteiger partial charge is 0.264 e. The van der Waals surface area contributed by atoms with Crippen LogP contribution in [0.4, 0.5) is 0 Å². The highest BCUT2D eigenvalue weighted by Crippen LogP contribution is 2.14. The Morgan fingerprint density at radius 3 is 2.56 bits per heavy atom. The summed E-state index contributed by atoms with van der Waals surface area (Å²) in [5, 5.41) is 0. The molecule has 18 heavy (non-hydrogen) atoms. The predicted molar refractivity (Wildman–Crippen MR) is 80.9 cm³/mol. The molecule has 0 fully saturated rings. The third-order valence-corrected chi connectivity index (χ3v) is 2.48. The van der Waals surface area contributed by atoms with Crippen molar-refractivity contribution in [2.45, 2.75) is 13.3 Å². The maximum atomic E-state index is 4.08. The Hall–Kier alpha value is -2.15. The topological polar surface area (TPSA) is 12.4 Å². The molecule has 1 aromatic rings. The van der Waals surface area contributed by atoms with E-state index in [2.05, 4.69) is 36.5 Å². The lowest BCUT2D eigenvalue weighted by molar-refractivity contribution is 1.21. The monoisotopic (exact) mass is 237 g/mol. The van der Waals surface area contributed by atoms with Crippen LogP contribution >= 0.6 is 0 Å². The van der Waals surface area contributed by atoms with Gasteiger partial charge in [-0.15, -0.1) is 0 Å². The molecule has 0 atom stereocenters. The van der Waals surface area contributed by atoms with Gasteiger partial charge in [0.05, 0.1) is 5.70 Å². The van der Waals surface area contributed by atoms with E-state index in [9.17, 15) is 0 Å². The number of nitrogens with zero attached hydrogens (tertiary/aromatic N) is 1. The van der Waals surface area contributed by atoms with Crippen molar-refractivity contribution >= 4 is 6.72 Å². The van der Waals surface area contributed by atoms with E-state index in [4.69, 9.17) is 0 Å². The van der Waals surface area contributed by atoms with Crippen molar-refractivity contribution in [1.29, 1.82) is 0 Å². The summed E-state index contributed by atoms with van der Waals surface area (Å²) >= 11 is 0. The van der Waals surface area contributed by atoms with Crippen LogP contribution in [-0.2, 0) is 6.42 Å². The second kappa shape index (κ2) is 8.02. The quantitative estimate of drug-likeness (QED) is 0.510. The van der Waals surface area contributed by atoms with E-state index in [1.165, 1.54) is 5.56 Å². The van der Waals surface area contributed by atoms with Crippen molar-refractivity contribution in [2.24, 2.45) is 4.99 Å². The zero-order valence-electron chi connectivity index (χ0n) is 10.8. The summed E-state index contributed by atoms with van der Waals surface area (Å²) in [6, 6.07) is 10.3. The minimum absolute atomic E-state index is 0.848. The molecule has 1 aromatic carbocycles. The van der Waals surface area contributed by atoms with Gasteiger partial charge in [-0.25, -0.2) is 0 Å². The number of hydrogen-bond acceptors (Lipinski definition) is 1. The Morgan fingerprint density at radius 1 is 1.28 bits per heavy atom. The highest BCUT2D eigenvalue weighted by molar-refractivity contribution is 5.46. The maximum absolute atomic E-state index is 4.08. The Bertz CT molecular complexity index is 476. The van der Waals surface area contributed by atoms with Crippen molar-refractivity contribution in [1.82, 2.24) is 0 Å². The summed E-state index contributed by atoms with van der Waals surface area (Å²) in [6.07, 6.45) is 10.6. The SMILES string of the molecule is C=C/C=C(\C=C/C)C(=C/Cc1ccccc1)/N=C. The summed E-state index contributed by atoms with van der Waals surface area (Å²) in [6.45, 7) is 9.33. The van der Waals surface area contributed by atoms with Gasteiger partial charge >= 0.3 is 0 Å². The third kappa shape index (κ3) is 4.38. The van der Waals surface area contributed by atoms with Crippen LogP contribution in [0, 0.1) is 0 Å². The second-order valence-electron chi connectivity index (χ2n) is 3.79. The van der Waals surface area contributed by atoms with Gasteiger partial charge in [-0.2, -0.15) is 0 Å². The van der Waals surface area contributed by atoms with E-state index >= 15 is 0 Å². The lowest BCUT2D eigenvalue weighted by Gasteiger charge is -2.03. The van der Waals surface area contributed by atoms with E-state index in [1.807, 2.05) is 43.4 Å². The molecule has 0 bridgehead atoms. The normalized spacial score (nSPS) is 12.7. The molecule has 0 saturated heterocycles. The fourth-order valence-electron chi connectivity index (χ4n) is 1.64. The summed E-state index contributed by atoms with van der Waals surface area (Å²) < 4.78 is 0. The first-order valence-corrected chi connectivity index (χ1v) is 5.98. The molecule has 0 spiro atoms. The van der Waals surface area contributed by atoms with Crippen LogP contribution in [0.2, 0.25) is 0 Å². The molecule has 92 valence electrons. The molecule has 0 aromatic heterocycles. The Labute approximate surface area is 110 Å². The fourth-order valence-corrected chi connectivity index (χ4v) is 1.64. The average molecular weight is 237 g/mol. The molecule has 0 aliphatic heterocycles. The molecule has 0 N–H and O–H groups in total. The van der Waals surface area contributed by atoms with E-state index in [1.54, 1.807) is 6.08 Å². The van der Waals surface area contributed by atoms with Crippen LogP contribution < -0.4 is 0 Å². The summed E-state index contributed by atoms with van der Waals surface area (Å²) in [5.74, 6) is 0. The highest BCUT2D eigenvalue weighted by atomic mass is 14.7. The minimum Gasteiger partial charge on any atom is -0.264 e. The van der Waals surface area contributed by atoms with Crippen molar-refractivity contribution < 1.29 is 0 Å². The van der Waals surface area contributed by atoms with Crippen molar-refractivity contribution in [3.63, 3.8) is 0 Å². The van der Waals surface area contributed by atoms with Gasteiger partial charge in [0.1, 0.15) is 0 Å². The first-order valence-electron chi connectivity index (χ1n) is 5.98. The Kier molecular flexibility index (Phi) is 6.20. The third-order valence-electron chi connectivity index (χ3n) is 2.48. The molecular weight excluding hydrogens is 218 g/mol. The second-order valence-corrected chi connectivity index (χ2v) is 3.79. The van der Waals surface area contributed by atoms with Gasteiger partial charge in [0.2, 0.25) is 0 Å². The smallest absolute Gasteiger partial charge is 0.0658 e. The predicted octanol–water partition coefficient (Wildman–Crippen LogP) is 4.50. The number of allylic oxidation sites excluding steroid dienone is 5. The number of benzene rings is 1. The molecule has 0 heterocycles. The van der Waals surface area contributed by atoms with Gasteiger partial charge in [0.25, 0.3) is 0 Å². The Morgan fingerprint density at radius 2 is 2.00 bits per heavy atom. The summed E-state index contributed by atoms with van der Waals surface area (Å²) in [7, 11) is 0. The van der Waals surface area contributed by atoms with Gasteiger partial charge in [0.15, 0.2) is 0 Å². The molecule has 0 saturated carbocycles. The number of rotatable bonds is 6. The van der Waals surface area contributed by atoms with Crippen LogP contribution in [0.15, 0.2) is 83.6 Å². The van der Waals surface area contributed by atoms with E-state index in [-0.39, 0.29) is 0 Å². The summed E-state index contributed by atoms with van der Waals surface area (Å²) in [5.41, 5.74) is 3.17. The molecule has 0 aliphatic carbocycles. The zero-order valence-corrected chi connectivity index (χ0v) is 10.8. The first kappa shape index (κ1) is 13.9. The number of hydrogen-bond donors (Lipinski definition) is 0. The molecule has 0 aliphatic rings. The van der Waals surface area contributed by atoms with Crippen LogP contribution in [-0.4, -0.2) is 6.72 Å². The average Bonchev–Trinajstić information content (AvgIpc) is 2.41. The standard InChI is InChI=1S/C17H19N/c1-4-9-16(10-5-2)17(18-3)14-13-15-11-7-6-8-12-15/h4-12,14H,1,3,13H2,2H3/b10-5-,16-9+,17-14-. The molecule has 0 unspecified atom stereocenters. The van der Waals surface area contributed by atoms with Crippen LogP contribution in [0.3, 0.4) is 0 Å². The lowest BCUT2D eigenvalue weighted by atomic mass is 10.1. The lowest BCUT2D eigenvalue weighted by Crippen LogP contribution is -1.87. The maximum Gasteiger partial charge on any atom is 0.0658 e. The first-order chi connectivity index (χ1) is 8.81. The van der Waals surface area contributed by atoms with Crippen LogP contribution in [0.1, 0.15) is 12.5 Å². The molecular formula is C17H19N. The molecule has 0 radical (unpaired) electrons. The van der Waals surface area contributed by atoms with Gasteiger partial charge in [-0.05, 0) is 31.2 Å². The van der Waals surface area contributed by atoms with Crippen LogP contribution in [0.25, 0.3) is 0 Å². The summed E-state index contributed by atoms with van der Waals surface area (Å²) in [4.78, 5) is 4.08. The van der Waals surface area contributed by atoms with Gasteiger partial charge in [-0.3, -0.25) is 4.99 Å². The minimum atomic E-state index is 0.848. The number of aliphatic imine (C=N–C) groups is 1. The van der Waals surface area contributed by atoms with Crippen molar-refractivity contribution in [2.75, 3.05) is 0 Å². The highest BCUT2D eigenvalue weighted by Gasteiger charge is 1.98. The van der Waals surface area contributed by atoms with Gasteiger partial charge in [0, 0.05) is 0 Å².